The molecule has 0 atom stereocenters. The summed E-state index contributed by atoms with van der Waals surface area (Å²) in [5.74, 6) is 0.625. The Balaban J connectivity index is 2.09. The summed E-state index contributed by atoms with van der Waals surface area (Å²) in [6.45, 7) is 0.106. The summed E-state index contributed by atoms with van der Waals surface area (Å²) >= 11 is 0. The maximum Gasteiger partial charge on any atom is 0.158 e. The van der Waals surface area contributed by atoms with Crippen LogP contribution >= 0.6 is 0 Å². The van der Waals surface area contributed by atoms with E-state index in [1.165, 1.54) is 12.6 Å². The van der Waals surface area contributed by atoms with E-state index in [9.17, 15) is 5.11 Å². The van der Waals surface area contributed by atoms with Gasteiger partial charge in [0.2, 0.25) is 0 Å². The first-order chi connectivity index (χ1) is 8.28. The van der Waals surface area contributed by atoms with Gasteiger partial charge in [-0.3, -0.25) is 0 Å². The van der Waals surface area contributed by atoms with Gasteiger partial charge in [-0.1, -0.05) is 19.3 Å². The third kappa shape index (κ3) is 2.71. The topological polar surface area (TPSA) is 81.8 Å². The van der Waals surface area contributed by atoms with Crippen LogP contribution in [0.25, 0.3) is 0 Å². The van der Waals surface area contributed by atoms with Crippen molar-refractivity contribution in [3.8, 4) is 6.07 Å². The predicted octanol–water partition coefficient (Wildman–Crippen LogP) is 1.46. The van der Waals surface area contributed by atoms with Crippen molar-refractivity contribution in [3.63, 3.8) is 0 Å². The highest BCUT2D eigenvalue weighted by Crippen LogP contribution is 2.30. The van der Waals surface area contributed by atoms with Crippen molar-refractivity contribution in [2.24, 2.45) is 0 Å². The normalized spacial score (nSPS) is 18.4. The molecule has 0 radical (unpaired) electrons. The molecule has 0 amide bonds. The van der Waals surface area contributed by atoms with Crippen LogP contribution in [0, 0.1) is 11.3 Å². The van der Waals surface area contributed by atoms with Crippen molar-refractivity contribution in [1.29, 1.82) is 5.26 Å². The van der Waals surface area contributed by atoms with E-state index in [0.29, 0.717) is 11.5 Å². The third-order valence-electron chi connectivity index (χ3n) is 3.27. The van der Waals surface area contributed by atoms with E-state index in [1.54, 1.807) is 6.20 Å². The smallest absolute Gasteiger partial charge is 0.158 e. The molecule has 1 aliphatic rings. The van der Waals surface area contributed by atoms with Gasteiger partial charge >= 0.3 is 0 Å². The summed E-state index contributed by atoms with van der Waals surface area (Å²) in [7, 11) is 0. The van der Waals surface area contributed by atoms with Gasteiger partial charge in [-0.15, -0.1) is 0 Å². The largest absolute Gasteiger partial charge is 0.394 e. The monoisotopic (exact) mass is 232 g/mol. The molecule has 0 spiro atoms. The minimum Gasteiger partial charge on any atom is -0.394 e. The predicted molar refractivity (Wildman–Crippen MR) is 63.3 cm³/mol. The summed E-state index contributed by atoms with van der Waals surface area (Å²) in [4.78, 5) is 8.09. The lowest BCUT2D eigenvalue weighted by molar-refractivity contribution is 0.172. The van der Waals surface area contributed by atoms with Gasteiger partial charge in [-0.2, -0.15) is 5.26 Å². The number of hydrogen-bond acceptors (Lipinski definition) is 5. The summed E-state index contributed by atoms with van der Waals surface area (Å²) in [5.41, 5.74) is 0.0402. The number of anilines is 1. The summed E-state index contributed by atoms with van der Waals surface area (Å²) in [6.07, 6.45) is 8.36. The molecule has 1 aliphatic carbocycles. The van der Waals surface area contributed by atoms with E-state index >= 15 is 0 Å². The molecule has 1 aromatic rings. The Labute approximate surface area is 101 Å². The highest BCUT2D eigenvalue weighted by molar-refractivity contribution is 5.37. The fraction of sp³-hybridized carbons (Fsp3) is 0.583. The van der Waals surface area contributed by atoms with Crippen LogP contribution in [0.3, 0.4) is 0 Å². The molecule has 2 rings (SSSR count). The molecule has 5 nitrogen and oxygen atoms in total. The van der Waals surface area contributed by atoms with Gasteiger partial charge in [0.15, 0.2) is 5.69 Å². The molecule has 0 aliphatic heterocycles. The molecule has 5 heteroatoms. The number of aliphatic hydroxyl groups excluding tert-OH is 1. The molecule has 0 unspecified atom stereocenters. The van der Waals surface area contributed by atoms with E-state index in [0.717, 1.165) is 25.7 Å². The molecule has 0 bridgehead atoms. The molecule has 1 fully saturated rings. The van der Waals surface area contributed by atoms with E-state index in [2.05, 4.69) is 15.3 Å². The average Bonchev–Trinajstić information content (AvgIpc) is 2.41. The molecule has 2 N–H and O–H groups in total. The van der Waals surface area contributed by atoms with Crippen molar-refractivity contribution < 1.29 is 5.11 Å². The molecule has 1 saturated carbocycles. The molecular formula is C12H16N4O. The standard InChI is InChI=1S/C12H16N4O/c13-6-10-7-15-11(8-14-10)16-12(9-17)4-2-1-3-5-12/h7-8,17H,1-5,9H2,(H,15,16). The Bertz CT molecular complexity index is 404. The fourth-order valence-electron chi connectivity index (χ4n) is 2.27. The average molecular weight is 232 g/mol. The minimum atomic E-state index is -0.263. The SMILES string of the molecule is N#Cc1cnc(NC2(CO)CCCCC2)cn1. The molecule has 17 heavy (non-hydrogen) atoms. The maximum atomic E-state index is 9.54. The summed E-state index contributed by atoms with van der Waals surface area (Å²) < 4.78 is 0. The number of nitriles is 1. The number of hydrogen-bond donors (Lipinski definition) is 2. The molecule has 0 saturated heterocycles. The van der Waals surface area contributed by atoms with Crippen LogP contribution in [0.4, 0.5) is 5.82 Å². The van der Waals surface area contributed by atoms with Crippen molar-refractivity contribution >= 4 is 5.82 Å². The van der Waals surface area contributed by atoms with E-state index in [1.807, 2.05) is 6.07 Å². The van der Waals surface area contributed by atoms with Crippen molar-refractivity contribution in [2.75, 3.05) is 11.9 Å². The second-order valence-corrected chi connectivity index (χ2v) is 4.52. The van der Waals surface area contributed by atoms with Crippen molar-refractivity contribution in [1.82, 2.24) is 9.97 Å². The number of aliphatic hydroxyl groups is 1. The van der Waals surface area contributed by atoms with E-state index in [4.69, 9.17) is 5.26 Å². The van der Waals surface area contributed by atoms with Crippen LogP contribution in [0.5, 0.6) is 0 Å². The zero-order chi connectivity index (χ0) is 12.1. The van der Waals surface area contributed by atoms with Gasteiger partial charge in [0.25, 0.3) is 0 Å². The van der Waals surface area contributed by atoms with E-state index < -0.39 is 0 Å². The first-order valence-electron chi connectivity index (χ1n) is 5.89. The number of rotatable bonds is 3. The van der Waals surface area contributed by atoms with Crippen LogP contribution in [0.15, 0.2) is 12.4 Å². The second-order valence-electron chi connectivity index (χ2n) is 4.52. The van der Waals surface area contributed by atoms with Crippen molar-refractivity contribution in [3.05, 3.63) is 18.1 Å². The van der Waals surface area contributed by atoms with E-state index in [-0.39, 0.29) is 12.1 Å². The van der Waals surface area contributed by atoms with Crippen LogP contribution in [0.2, 0.25) is 0 Å². The van der Waals surface area contributed by atoms with Gasteiger partial charge < -0.3 is 10.4 Å². The van der Waals surface area contributed by atoms with Crippen LogP contribution in [-0.4, -0.2) is 27.2 Å². The fourth-order valence-corrected chi connectivity index (χ4v) is 2.27. The first kappa shape index (κ1) is 11.8. The lowest BCUT2D eigenvalue weighted by Gasteiger charge is -2.36. The summed E-state index contributed by atoms with van der Waals surface area (Å²) in [6, 6.07) is 1.93. The van der Waals surface area contributed by atoms with Crippen LogP contribution in [-0.2, 0) is 0 Å². The zero-order valence-corrected chi connectivity index (χ0v) is 9.69. The highest BCUT2D eigenvalue weighted by atomic mass is 16.3. The first-order valence-corrected chi connectivity index (χ1v) is 5.89. The van der Waals surface area contributed by atoms with Gasteiger partial charge in [0.05, 0.1) is 24.5 Å². The van der Waals surface area contributed by atoms with Crippen LogP contribution < -0.4 is 5.32 Å². The lowest BCUT2D eigenvalue weighted by atomic mass is 9.82. The zero-order valence-electron chi connectivity index (χ0n) is 9.69. The van der Waals surface area contributed by atoms with Gasteiger partial charge in [-0.05, 0) is 12.8 Å². The third-order valence-corrected chi connectivity index (χ3v) is 3.27. The maximum absolute atomic E-state index is 9.54. The highest BCUT2D eigenvalue weighted by Gasteiger charge is 2.31. The van der Waals surface area contributed by atoms with Crippen molar-refractivity contribution in [2.45, 2.75) is 37.6 Å². The molecule has 90 valence electrons. The molecular weight excluding hydrogens is 216 g/mol. The molecule has 1 heterocycles. The Morgan fingerprint density at radius 3 is 2.59 bits per heavy atom. The number of nitrogens with zero attached hydrogens (tertiary/aromatic N) is 3. The van der Waals surface area contributed by atoms with Gasteiger partial charge in [0.1, 0.15) is 11.9 Å². The van der Waals surface area contributed by atoms with Crippen LogP contribution in [0.1, 0.15) is 37.8 Å². The quantitative estimate of drug-likeness (QED) is 0.824. The summed E-state index contributed by atoms with van der Waals surface area (Å²) in [5, 5.41) is 21.4. The Kier molecular flexibility index (Phi) is 3.55. The lowest BCUT2D eigenvalue weighted by Crippen LogP contribution is -2.44. The Morgan fingerprint density at radius 1 is 1.29 bits per heavy atom. The second kappa shape index (κ2) is 5.11. The van der Waals surface area contributed by atoms with Gasteiger partial charge in [-0.25, -0.2) is 9.97 Å². The Hall–Kier alpha value is -1.67. The van der Waals surface area contributed by atoms with Gasteiger partial charge in [0, 0.05) is 0 Å². The number of aromatic nitrogens is 2. The minimum absolute atomic E-state index is 0.106. The molecule has 1 aromatic heterocycles. The number of nitrogens with one attached hydrogen (secondary N) is 1. The Morgan fingerprint density at radius 2 is 2.06 bits per heavy atom. The molecule has 0 aromatic carbocycles.